The van der Waals surface area contributed by atoms with E-state index < -0.39 is 0 Å². The Morgan fingerprint density at radius 2 is 1.38 bits per heavy atom. The van der Waals surface area contributed by atoms with Crippen LogP contribution in [0.25, 0.3) is 0 Å². The number of hydrogen-bond acceptors (Lipinski definition) is 3. The van der Waals surface area contributed by atoms with Crippen molar-refractivity contribution in [3.05, 3.63) is 102 Å². The van der Waals surface area contributed by atoms with E-state index in [1.54, 1.807) is 0 Å². The maximum atomic E-state index is 12.5. The highest BCUT2D eigenvalue weighted by Crippen LogP contribution is 2.23. The molecule has 2 N–H and O–H groups in total. The molecular formula is C28H32N4OS. The van der Waals surface area contributed by atoms with Gasteiger partial charge >= 0.3 is 0 Å². The molecule has 0 saturated carbocycles. The first-order valence-electron chi connectivity index (χ1n) is 11.9. The van der Waals surface area contributed by atoms with E-state index in [4.69, 9.17) is 12.2 Å². The van der Waals surface area contributed by atoms with E-state index in [-0.39, 0.29) is 11.8 Å². The first-order valence-corrected chi connectivity index (χ1v) is 12.3. The Bertz CT molecular complexity index is 1010. The van der Waals surface area contributed by atoms with Gasteiger partial charge < -0.3 is 15.5 Å². The molecule has 176 valence electrons. The van der Waals surface area contributed by atoms with Crippen LogP contribution in [0, 0.1) is 0 Å². The minimum atomic E-state index is 0.0221. The van der Waals surface area contributed by atoms with Crippen LogP contribution in [0.15, 0.2) is 91.0 Å². The zero-order chi connectivity index (χ0) is 23.6. The second kappa shape index (κ2) is 12.3. The Morgan fingerprint density at radius 3 is 2.00 bits per heavy atom. The Balaban J connectivity index is 1.29. The molecule has 1 saturated heterocycles. The number of nitrogens with one attached hydrogen (secondary N) is 2. The van der Waals surface area contributed by atoms with Gasteiger partial charge in [0, 0.05) is 44.3 Å². The van der Waals surface area contributed by atoms with Crippen LogP contribution in [-0.2, 0) is 4.79 Å². The van der Waals surface area contributed by atoms with Crippen LogP contribution in [0.2, 0.25) is 0 Å². The van der Waals surface area contributed by atoms with E-state index in [0.29, 0.717) is 6.54 Å². The van der Waals surface area contributed by atoms with Gasteiger partial charge in [-0.15, -0.1) is 0 Å². The fourth-order valence-corrected chi connectivity index (χ4v) is 4.62. The lowest BCUT2D eigenvalue weighted by Gasteiger charge is -2.27. The van der Waals surface area contributed by atoms with Crippen LogP contribution in [0.4, 0.5) is 5.69 Å². The Kier molecular flexibility index (Phi) is 8.65. The molecular weight excluding hydrogens is 440 g/mol. The van der Waals surface area contributed by atoms with Crippen LogP contribution >= 0.6 is 12.2 Å². The number of hydrogen-bond donors (Lipinski definition) is 2. The molecule has 5 nitrogen and oxygen atoms in total. The minimum Gasteiger partial charge on any atom is -0.362 e. The molecule has 0 spiro atoms. The number of amides is 1. The fraction of sp³-hybridized carbons (Fsp3) is 0.286. The molecule has 34 heavy (non-hydrogen) atoms. The lowest BCUT2D eigenvalue weighted by Crippen LogP contribution is -2.43. The van der Waals surface area contributed by atoms with Gasteiger partial charge in [-0.1, -0.05) is 78.9 Å². The first kappa shape index (κ1) is 23.9. The van der Waals surface area contributed by atoms with Gasteiger partial charge in [-0.2, -0.15) is 0 Å². The van der Waals surface area contributed by atoms with E-state index in [9.17, 15) is 4.79 Å². The van der Waals surface area contributed by atoms with Gasteiger partial charge in [0.15, 0.2) is 5.11 Å². The quantitative estimate of drug-likeness (QED) is 0.501. The number of carbonyl (C=O) groups is 1. The zero-order valence-electron chi connectivity index (χ0n) is 19.4. The van der Waals surface area contributed by atoms with E-state index >= 15 is 0 Å². The third-order valence-electron chi connectivity index (χ3n) is 6.16. The van der Waals surface area contributed by atoms with E-state index in [0.717, 1.165) is 49.9 Å². The van der Waals surface area contributed by atoms with Crippen molar-refractivity contribution in [1.29, 1.82) is 0 Å². The molecule has 6 heteroatoms. The van der Waals surface area contributed by atoms with Crippen molar-refractivity contribution in [2.24, 2.45) is 0 Å². The topological polar surface area (TPSA) is 47.6 Å². The van der Waals surface area contributed by atoms with Gasteiger partial charge in [0.25, 0.3) is 0 Å². The molecule has 4 rings (SSSR count). The summed E-state index contributed by atoms with van der Waals surface area (Å²) < 4.78 is 0. The molecule has 0 atom stereocenters. The molecule has 1 aliphatic rings. The van der Waals surface area contributed by atoms with Crippen LogP contribution in [0.3, 0.4) is 0 Å². The normalized spacial score (nSPS) is 14.4. The highest BCUT2D eigenvalue weighted by molar-refractivity contribution is 7.80. The number of nitrogens with zero attached hydrogens (tertiary/aromatic N) is 2. The van der Waals surface area contributed by atoms with Crippen molar-refractivity contribution in [1.82, 2.24) is 15.1 Å². The van der Waals surface area contributed by atoms with Gasteiger partial charge in [-0.3, -0.25) is 9.69 Å². The van der Waals surface area contributed by atoms with Crippen molar-refractivity contribution in [2.75, 3.05) is 44.6 Å². The maximum absolute atomic E-state index is 12.5. The lowest BCUT2D eigenvalue weighted by atomic mass is 9.91. The fourth-order valence-electron chi connectivity index (χ4n) is 4.36. The third-order valence-corrected chi connectivity index (χ3v) is 6.56. The van der Waals surface area contributed by atoms with Crippen LogP contribution in [-0.4, -0.2) is 60.1 Å². The monoisotopic (exact) mass is 472 g/mol. The molecule has 3 aromatic rings. The summed E-state index contributed by atoms with van der Waals surface area (Å²) >= 11 is 5.78. The second-order valence-corrected chi connectivity index (χ2v) is 8.98. The average Bonchev–Trinajstić information content (AvgIpc) is 3.11. The summed E-state index contributed by atoms with van der Waals surface area (Å²) in [5, 5.41) is 7.28. The predicted octanol–water partition coefficient (Wildman–Crippen LogP) is 4.34. The van der Waals surface area contributed by atoms with E-state index in [1.807, 2.05) is 42.5 Å². The van der Waals surface area contributed by atoms with Crippen LogP contribution in [0.1, 0.15) is 23.5 Å². The van der Waals surface area contributed by atoms with Gasteiger partial charge in [0.1, 0.15) is 0 Å². The van der Waals surface area contributed by atoms with Crippen molar-refractivity contribution in [3.8, 4) is 0 Å². The standard InChI is InChI=1S/C28H32N4OS/c33-27(30-25-15-8-3-9-16-25)22-31-17-10-18-32(20-19-31)28(34)29-21-26(23-11-4-1-5-12-23)24-13-6-2-7-14-24/h1-9,11-16,26H,10,17-22H2,(H,29,34)(H,30,33). The Morgan fingerprint density at radius 1 is 0.794 bits per heavy atom. The summed E-state index contributed by atoms with van der Waals surface area (Å²) in [6.07, 6.45) is 0.973. The third kappa shape index (κ3) is 6.89. The number of thiocarbonyl (C=S) groups is 1. The second-order valence-electron chi connectivity index (χ2n) is 8.59. The molecule has 0 bridgehead atoms. The summed E-state index contributed by atoms with van der Waals surface area (Å²) in [5.74, 6) is 0.249. The van der Waals surface area contributed by atoms with Crippen LogP contribution < -0.4 is 10.6 Å². The summed E-state index contributed by atoms with van der Waals surface area (Å²) in [4.78, 5) is 16.9. The summed E-state index contributed by atoms with van der Waals surface area (Å²) in [5.41, 5.74) is 3.38. The van der Waals surface area contributed by atoms with Gasteiger partial charge in [0.05, 0.1) is 6.54 Å². The minimum absolute atomic E-state index is 0.0221. The molecule has 3 aromatic carbocycles. The Labute approximate surface area is 207 Å². The summed E-state index contributed by atoms with van der Waals surface area (Å²) in [6.45, 7) is 4.54. The summed E-state index contributed by atoms with van der Waals surface area (Å²) in [7, 11) is 0. The number of benzene rings is 3. The molecule has 1 fully saturated rings. The number of anilines is 1. The van der Waals surface area contributed by atoms with Crippen molar-refractivity contribution < 1.29 is 4.79 Å². The molecule has 0 unspecified atom stereocenters. The smallest absolute Gasteiger partial charge is 0.238 e. The van der Waals surface area contributed by atoms with E-state index in [2.05, 4.69) is 69.0 Å². The predicted molar refractivity (Wildman–Crippen MR) is 143 cm³/mol. The lowest BCUT2D eigenvalue weighted by molar-refractivity contribution is -0.117. The molecule has 0 aromatic heterocycles. The number of carbonyl (C=O) groups excluding carboxylic acids is 1. The van der Waals surface area contributed by atoms with Crippen molar-refractivity contribution >= 4 is 28.9 Å². The van der Waals surface area contributed by atoms with Crippen molar-refractivity contribution in [3.63, 3.8) is 0 Å². The molecule has 1 aliphatic heterocycles. The number of rotatable bonds is 7. The van der Waals surface area contributed by atoms with E-state index in [1.165, 1.54) is 11.1 Å². The van der Waals surface area contributed by atoms with Crippen LogP contribution in [0.5, 0.6) is 0 Å². The average molecular weight is 473 g/mol. The molecule has 0 aliphatic carbocycles. The molecule has 1 amide bonds. The SMILES string of the molecule is O=C(CN1CCCN(C(=S)NCC(c2ccccc2)c2ccccc2)CC1)Nc1ccccc1. The number of para-hydroxylation sites is 1. The molecule has 0 radical (unpaired) electrons. The van der Waals surface area contributed by atoms with Crippen molar-refractivity contribution in [2.45, 2.75) is 12.3 Å². The highest BCUT2D eigenvalue weighted by Gasteiger charge is 2.20. The summed E-state index contributed by atoms with van der Waals surface area (Å²) in [6, 6.07) is 30.7. The largest absolute Gasteiger partial charge is 0.362 e. The van der Waals surface area contributed by atoms with Gasteiger partial charge in [-0.05, 0) is 41.9 Å². The Hall–Kier alpha value is -3.22. The maximum Gasteiger partial charge on any atom is 0.238 e. The molecule has 1 heterocycles. The highest BCUT2D eigenvalue weighted by atomic mass is 32.1. The van der Waals surface area contributed by atoms with Gasteiger partial charge in [0.2, 0.25) is 5.91 Å². The van der Waals surface area contributed by atoms with Gasteiger partial charge in [-0.25, -0.2) is 0 Å². The first-order chi connectivity index (χ1) is 16.7. The zero-order valence-corrected chi connectivity index (χ0v) is 20.2.